The maximum atomic E-state index is 11.6. The fourth-order valence-electron chi connectivity index (χ4n) is 2.20. The molecule has 0 amide bonds. The van der Waals surface area contributed by atoms with Gasteiger partial charge in [-0.25, -0.2) is 9.78 Å². The zero-order valence-corrected chi connectivity index (χ0v) is 12.9. The molecule has 0 aliphatic heterocycles. The normalized spacial score (nSPS) is 10.3. The second-order valence-corrected chi connectivity index (χ2v) is 5.03. The number of carbonyl (C=O) groups is 1. The highest BCUT2D eigenvalue weighted by atomic mass is 16.5. The van der Waals surface area contributed by atoms with Crippen molar-refractivity contribution in [3.05, 3.63) is 53.2 Å². The van der Waals surface area contributed by atoms with Crippen LogP contribution in [-0.2, 0) is 4.74 Å². The van der Waals surface area contributed by atoms with Crippen molar-refractivity contribution in [2.45, 2.75) is 20.8 Å². The van der Waals surface area contributed by atoms with Gasteiger partial charge in [0, 0.05) is 18.9 Å². The molecule has 0 atom stereocenters. The standard InChI is InChI=1S/C17H20N2O2/c1-5-21-17(20)14-6-7-16(18-11-14)19(4)15-9-12(2)8-13(3)10-15/h6-11H,5H2,1-4H3. The van der Waals surface area contributed by atoms with E-state index in [4.69, 9.17) is 4.74 Å². The SMILES string of the molecule is CCOC(=O)c1ccc(N(C)c2cc(C)cc(C)c2)nc1. The van der Waals surface area contributed by atoms with Crippen LogP contribution >= 0.6 is 0 Å². The third-order valence-electron chi connectivity index (χ3n) is 3.20. The highest BCUT2D eigenvalue weighted by Gasteiger charge is 2.10. The van der Waals surface area contributed by atoms with E-state index in [1.807, 2.05) is 18.0 Å². The fourth-order valence-corrected chi connectivity index (χ4v) is 2.20. The Morgan fingerprint density at radius 2 is 1.86 bits per heavy atom. The van der Waals surface area contributed by atoms with E-state index in [0.717, 1.165) is 11.5 Å². The smallest absolute Gasteiger partial charge is 0.339 e. The summed E-state index contributed by atoms with van der Waals surface area (Å²) < 4.78 is 4.95. The molecule has 0 spiro atoms. The van der Waals surface area contributed by atoms with E-state index in [1.54, 1.807) is 19.2 Å². The van der Waals surface area contributed by atoms with Crippen LogP contribution in [0.25, 0.3) is 0 Å². The summed E-state index contributed by atoms with van der Waals surface area (Å²) in [6.07, 6.45) is 1.55. The number of carbonyl (C=O) groups excluding carboxylic acids is 1. The van der Waals surface area contributed by atoms with Gasteiger partial charge in [0.05, 0.1) is 12.2 Å². The summed E-state index contributed by atoms with van der Waals surface area (Å²) >= 11 is 0. The highest BCUT2D eigenvalue weighted by molar-refractivity contribution is 5.89. The minimum atomic E-state index is -0.342. The predicted octanol–water partition coefficient (Wildman–Crippen LogP) is 3.64. The van der Waals surface area contributed by atoms with Gasteiger partial charge in [0.1, 0.15) is 5.82 Å². The molecule has 0 bridgehead atoms. The van der Waals surface area contributed by atoms with Crippen LogP contribution in [0.5, 0.6) is 0 Å². The fraction of sp³-hybridized carbons (Fsp3) is 0.294. The van der Waals surface area contributed by atoms with E-state index < -0.39 is 0 Å². The van der Waals surface area contributed by atoms with Crippen molar-refractivity contribution in [1.29, 1.82) is 0 Å². The first-order valence-corrected chi connectivity index (χ1v) is 6.96. The number of anilines is 2. The lowest BCUT2D eigenvalue weighted by atomic mass is 10.1. The van der Waals surface area contributed by atoms with Gasteiger partial charge in [0.2, 0.25) is 0 Å². The molecule has 1 aromatic carbocycles. The zero-order valence-electron chi connectivity index (χ0n) is 12.9. The second kappa shape index (κ2) is 6.39. The summed E-state index contributed by atoms with van der Waals surface area (Å²) in [5, 5.41) is 0. The average Bonchev–Trinajstić information content (AvgIpc) is 2.46. The first-order valence-electron chi connectivity index (χ1n) is 6.96. The molecule has 0 unspecified atom stereocenters. The Labute approximate surface area is 125 Å². The largest absolute Gasteiger partial charge is 0.462 e. The molecule has 2 rings (SSSR count). The molecule has 21 heavy (non-hydrogen) atoms. The lowest BCUT2D eigenvalue weighted by Gasteiger charge is -2.19. The first kappa shape index (κ1) is 15.0. The van der Waals surface area contributed by atoms with Gasteiger partial charge in [-0.1, -0.05) is 6.07 Å². The monoisotopic (exact) mass is 284 g/mol. The van der Waals surface area contributed by atoms with Crippen molar-refractivity contribution in [3.8, 4) is 0 Å². The molecular weight excluding hydrogens is 264 g/mol. The van der Waals surface area contributed by atoms with Crippen molar-refractivity contribution in [3.63, 3.8) is 0 Å². The first-order chi connectivity index (χ1) is 10.0. The van der Waals surface area contributed by atoms with E-state index in [2.05, 4.69) is 37.0 Å². The van der Waals surface area contributed by atoms with Crippen LogP contribution in [0.1, 0.15) is 28.4 Å². The molecule has 0 saturated carbocycles. The summed E-state index contributed by atoms with van der Waals surface area (Å²) in [7, 11) is 1.96. The number of hydrogen-bond donors (Lipinski definition) is 0. The van der Waals surface area contributed by atoms with Crippen molar-refractivity contribution in [2.75, 3.05) is 18.6 Å². The maximum Gasteiger partial charge on any atom is 0.339 e. The number of hydrogen-bond acceptors (Lipinski definition) is 4. The Bertz CT molecular complexity index is 615. The lowest BCUT2D eigenvalue weighted by molar-refractivity contribution is 0.0526. The van der Waals surface area contributed by atoms with E-state index >= 15 is 0 Å². The van der Waals surface area contributed by atoms with E-state index in [9.17, 15) is 4.79 Å². The number of nitrogens with zero attached hydrogens (tertiary/aromatic N) is 2. The maximum absolute atomic E-state index is 11.6. The number of rotatable bonds is 4. The number of benzene rings is 1. The van der Waals surface area contributed by atoms with Gasteiger partial charge < -0.3 is 9.64 Å². The average molecular weight is 284 g/mol. The molecule has 0 fully saturated rings. The molecule has 0 saturated heterocycles. The number of esters is 1. The van der Waals surface area contributed by atoms with Gasteiger partial charge in [-0.3, -0.25) is 0 Å². The Kier molecular flexibility index (Phi) is 4.58. The topological polar surface area (TPSA) is 42.4 Å². The van der Waals surface area contributed by atoms with Gasteiger partial charge in [0.25, 0.3) is 0 Å². The molecule has 0 radical (unpaired) electrons. The third kappa shape index (κ3) is 3.60. The molecule has 2 aromatic rings. The molecule has 1 aromatic heterocycles. The van der Waals surface area contributed by atoms with Crippen LogP contribution in [0, 0.1) is 13.8 Å². The van der Waals surface area contributed by atoms with Crippen LogP contribution in [0.4, 0.5) is 11.5 Å². The van der Waals surface area contributed by atoms with Crippen molar-refractivity contribution >= 4 is 17.5 Å². The van der Waals surface area contributed by atoms with Crippen molar-refractivity contribution in [1.82, 2.24) is 4.98 Å². The Morgan fingerprint density at radius 3 is 2.38 bits per heavy atom. The summed E-state index contributed by atoms with van der Waals surface area (Å²) in [5.41, 5.74) is 3.96. The number of aryl methyl sites for hydroxylation is 2. The van der Waals surface area contributed by atoms with E-state index in [-0.39, 0.29) is 5.97 Å². The van der Waals surface area contributed by atoms with Gasteiger partial charge in [-0.15, -0.1) is 0 Å². The number of pyridine rings is 1. The van der Waals surface area contributed by atoms with Crippen LogP contribution in [-0.4, -0.2) is 24.6 Å². The molecule has 0 aliphatic carbocycles. The predicted molar refractivity (Wildman–Crippen MR) is 84.2 cm³/mol. The molecule has 1 heterocycles. The van der Waals surface area contributed by atoms with Gasteiger partial charge in [0.15, 0.2) is 0 Å². The van der Waals surface area contributed by atoms with Gasteiger partial charge in [-0.2, -0.15) is 0 Å². The Hall–Kier alpha value is -2.36. The minimum absolute atomic E-state index is 0.342. The Balaban J connectivity index is 2.23. The molecule has 4 nitrogen and oxygen atoms in total. The van der Waals surface area contributed by atoms with Crippen molar-refractivity contribution in [2.24, 2.45) is 0 Å². The third-order valence-corrected chi connectivity index (χ3v) is 3.20. The quantitative estimate of drug-likeness (QED) is 0.804. The molecule has 4 heteroatoms. The summed E-state index contributed by atoms with van der Waals surface area (Å²) in [6.45, 7) is 6.29. The second-order valence-electron chi connectivity index (χ2n) is 5.03. The minimum Gasteiger partial charge on any atom is -0.462 e. The zero-order chi connectivity index (χ0) is 15.4. The van der Waals surface area contributed by atoms with Gasteiger partial charge in [-0.05, 0) is 56.2 Å². The number of aromatic nitrogens is 1. The highest BCUT2D eigenvalue weighted by Crippen LogP contribution is 2.24. The van der Waals surface area contributed by atoms with Crippen LogP contribution in [0.3, 0.4) is 0 Å². The summed E-state index contributed by atoms with van der Waals surface area (Å²) in [4.78, 5) is 17.9. The molecular formula is C17H20N2O2. The Morgan fingerprint density at radius 1 is 1.19 bits per heavy atom. The molecule has 0 aliphatic rings. The van der Waals surface area contributed by atoms with Crippen LogP contribution in [0.2, 0.25) is 0 Å². The molecule has 0 N–H and O–H groups in total. The van der Waals surface area contributed by atoms with Crippen LogP contribution < -0.4 is 4.90 Å². The van der Waals surface area contributed by atoms with Crippen LogP contribution in [0.15, 0.2) is 36.5 Å². The summed E-state index contributed by atoms with van der Waals surface area (Å²) in [6, 6.07) is 9.90. The lowest BCUT2D eigenvalue weighted by Crippen LogP contribution is -2.12. The molecule has 110 valence electrons. The van der Waals surface area contributed by atoms with Gasteiger partial charge >= 0.3 is 5.97 Å². The number of ether oxygens (including phenoxy) is 1. The summed E-state index contributed by atoms with van der Waals surface area (Å²) in [5.74, 6) is 0.443. The van der Waals surface area contributed by atoms with E-state index in [1.165, 1.54) is 11.1 Å². The van der Waals surface area contributed by atoms with E-state index in [0.29, 0.717) is 12.2 Å². The van der Waals surface area contributed by atoms with Crippen molar-refractivity contribution < 1.29 is 9.53 Å².